The van der Waals surface area contributed by atoms with Crippen LogP contribution < -0.4 is 4.74 Å². The first-order valence-electron chi connectivity index (χ1n) is 9.41. The molecule has 0 radical (unpaired) electrons. The lowest BCUT2D eigenvalue weighted by atomic mass is 10.0. The fourth-order valence-electron chi connectivity index (χ4n) is 3.58. The van der Waals surface area contributed by atoms with Crippen LogP contribution in [0.1, 0.15) is 26.3 Å². The molecule has 6 nitrogen and oxygen atoms in total. The molecule has 26 heavy (non-hydrogen) atoms. The van der Waals surface area contributed by atoms with Crippen LogP contribution in [0.3, 0.4) is 0 Å². The van der Waals surface area contributed by atoms with Crippen molar-refractivity contribution >= 4 is 17.4 Å². The lowest BCUT2D eigenvalue weighted by Crippen LogP contribution is -2.47. The van der Waals surface area contributed by atoms with Crippen molar-refractivity contribution in [3.05, 3.63) is 35.5 Å². The number of ether oxygens (including phenoxy) is 1. The van der Waals surface area contributed by atoms with Crippen LogP contribution in [-0.2, 0) is 9.59 Å². The van der Waals surface area contributed by atoms with Gasteiger partial charge in [0.25, 0.3) is 11.8 Å². The molecule has 2 aliphatic rings. The minimum absolute atomic E-state index is 0.175. The Labute approximate surface area is 155 Å². The highest BCUT2D eigenvalue weighted by Gasteiger charge is 2.41. The van der Waals surface area contributed by atoms with Gasteiger partial charge >= 0.3 is 0 Å². The maximum atomic E-state index is 12.9. The maximum absolute atomic E-state index is 12.9. The molecule has 1 fully saturated rings. The van der Waals surface area contributed by atoms with Gasteiger partial charge < -0.3 is 14.5 Å². The van der Waals surface area contributed by atoms with Crippen LogP contribution >= 0.6 is 0 Å². The molecule has 2 heterocycles. The summed E-state index contributed by atoms with van der Waals surface area (Å²) in [6, 6.07) is 7.44. The fourth-order valence-corrected chi connectivity index (χ4v) is 3.58. The highest BCUT2D eigenvalue weighted by Crippen LogP contribution is 2.32. The van der Waals surface area contributed by atoms with E-state index in [1.54, 1.807) is 0 Å². The number of hydrogen-bond donors (Lipinski definition) is 0. The number of hydrogen-bond acceptors (Lipinski definition) is 5. The van der Waals surface area contributed by atoms with Crippen molar-refractivity contribution in [3.8, 4) is 5.75 Å². The first kappa shape index (κ1) is 18.5. The number of imide groups is 1. The minimum Gasteiger partial charge on any atom is -0.494 e. The second-order valence-corrected chi connectivity index (χ2v) is 6.46. The number of piperazine rings is 1. The lowest BCUT2D eigenvalue weighted by molar-refractivity contribution is -0.137. The molecule has 0 aromatic heterocycles. The third-order valence-corrected chi connectivity index (χ3v) is 5.05. The van der Waals surface area contributed by atoms with Crippen molar-refractivity contribution in [1.29, 1.82) is 0 Å². The summed E-state index contributed by atoms with van der Waals surface area (Å²) in [5.74, 6) is 0.389. The predicted molar refractivity (Wildman–Crippen MR) is 101 cm³/mol. The molecule has 3 rings (SSSR count). The van der Waals surface area contributed by atoms with E-state index in [0.717, 1.165) is 44.0 Å². The number of carbonyl (C=O) groups is 2. The molecule has 0 atom stereocenters. The number of nitrogens with zero attached hydrogens (tertiary/aromatic N) is 3. The standard InChI is InChI=1S/C20H27N3O3/c1-4-21-11-13-22(14-12-21)18-17(19(24)23(5-2)20(18)25)15-7-9-16(10-8-15)26-6-3/h7-10H,4-6,11-14H2,1-3H3. The minimum atomic E-state index is -0.199. The van der Waals surface area contributed by atoms with Crippen LogP contribution in [-0.4, -0.2) is 72.4 Å². The van der Waals surface area contributed by atoms with Crippen LogP contribution in [0.2, 0.25) is 0 Å². The summed E-state index contributed by atoms with van der Waals surface area (Å²) in [6.45, 7) is 11.2. The second kappa shape index (κ2) is 7.91. The molecule has 0 bridgehead atoms. The SMILES string of the molecule is CCOc1ccc(C2=C(N3CCN(CC)CC3)C(=O)N(CC)C2=O)cc1. The van der Waals surface area contributed by atoms with Crippen molar-refractivity contribution < 1.29 is 14.3 Å². The molecular weight excluding hydrogens is 330 g/mol. The van der Waals surface area contributed by atoms with E-state index in [1.807, 2.05) is 38.1 Å². The van der Waals surface area contributed by atoms with Gasteiger partial charge in [-0.15, -0.1) is 0 Å². The molecule has 0 N–H and O–H groups in total. The van der Waals surface area contributed by atoms with Crippen LogP contribution in [0.4, 0.5) is 0 Å². The van der Waals surface area contributed by atoms with Gasteiger partial charge in [-0.2, -0.15) is 0 Å². The first-order valence-corrected chi connectivity index (χ1v) is 9.41. The zero-order valence-electron chi connectivity index (χ0n) is 15.8. The van der Waals surface area contributed by atoms with Gasteiger partial charge in [-0.05, 0) is 38.1 Å². The summed E-state index contributed by atoms with van der Waals surface area (Å²) in [5.41, 5.74) is 1.84. The molecule has 140 valence electrons. The summed E-state index contributed by atoms with van der Waals surface area (Å²) >= 11 is 0. The van der Waals surface area contributed by atoms with Crippen LogP contribution in [0.15, 0.2) is 30.0 Å². The van der Waals surface area contributed by atoms with Crippen molar-refractivity contribution in [2.45, 2.75) is 20.8 Å². The molecule has 0 spiro atoms. The fraction of sp³-hybridized carbons (Fsp3) is 0.500. The molecule has 0 aliphatic carbocycles. The number of amides is 2. The van der Waals surface area contributed by atoms with Gasteiger partial charge in [0, 0.05) is 32.7 Å². The lowest BCUT2D eigenvalue weighted by Gasteiger charge is -2.35. The average Bonchev–Trinajstić information content (AvgIpc) is 2.92. The summed E-state index contributed by atoms with van der Waals surface area (Å²) in [4.78, 5) is 31.6. The van der Waals surface area contributed by atoms with Gasteiger partial charge in [-0.3, -0.25) is 14.5 Å². The Morgan fingerprint density at radius 1 is 0.885 bits per heavy atom. The Kier molecular flexibility index (Phi) is 5.61. The maximum Gasteiger partial charge on any atom is 0.277 e. The molecule has 0 saturated carbocycles. The third kappa shape index (κ3) is 3.33. The molecule has 1 aromatic rings. The smallest absolute Gasteiger partial charge is 0.277 e. The zero-order chi connectivity index (χ0) is 18.7. The molecule has 6 heteroatoms. The summed E-state index contributed by atoms with van der Waals surface area (Å²) in [6.07, 6.45) is 0. The molecule has 1 aromatic carbocycles. The van der Waals surface area contributed by atoms with E-state index in [1.165, 1.54) is 4.90 Å². The molecule has 2 amide bonds. The topological polar surface area (TPSA) is 53.1 Å². The van der Waals surface area contributed by atoms with Gasteiger partial charge in [-0.1, -0.05) is 19.1 Å². The van der Waals surface area contributed by atoms with Crippen molar-refractivity contribution in [2.24, 2.45) is 0 Å². The molecule has 2 aliphatic heterocycles. The predicted octanol–water partition coefficient (Wildman–Crippen LogP) is 1.82. The second-order valence-electron chi connectivity index (χ2n) is 6.46. The number of benzene rings is 1. The van der Waals surface area contributed by atoms with Crippen molar-refractivity contribution in [3.63, 3.8) is 0 Å². The van der Waals surface area contributed by atoms with Crippen molar-refractivity contribution in [2.75, 3.05) is 45.9 Å². The van der Waals surface area contributed by atoms with Gasteiger partial charge in [0.05, 0.1) is 12.2 Å². The van der Waals surface area contributed by atoms with E-state index in [9.17, 15) is 9.59 Å². The number of carbonyl (C=O) groups excluding carboxylic acids is 2. The largest absolute Gasteiger partial charge is 0.494 e. The Hall–Kier alpha value is -2.34. The monoisotopic (exact) mass is 357 g/mol. The Bertz CT molecular complexity index is 704. The number of likely N-dealkylation sites (N-methyl/N-ethyl adjacent to an activating group) is 2. The van der Waals surface area contributed by atoms with Gasteiger partial charge in [0.2, 0.25) is 0 Å². The van der Waals surface area contributed by atoms with Gasteiger partial charge in [0.1, 0.15) is 11.4 Å². The Morgan fingerprint density at radius 2 is 1.54 bits per heavy atom. The van der Waals surface area contributed by atoms with E-state index >= 15 is 0 Å². The van der Waals surface area contributed by atoms with E-state index in [-0.39, 0.29) is 11.8 Å². The molecule has 1 saturated heterocycles. The normalized spacial score (nSPS) is 18.9. The van der Waals surface area contributed by atoms with E-state index in [0.29, 0.717) is 24.4 Å². The Balaban J connectivity index is 1.96. The Morgan fingerprint density at radius 3 is 2.08 bits per heavy atom. The van der Waals surface area contributed by atoms with Crippen LogP contribution in [0.25, 0.3) is 5.57 Å². The highest BCUT2D eigenvalue weighted by molar-refractivity contribution is 6.35. The molecular formula is C20H27N3O3. The summed E-state index contributed by atoms with van der Waals surface area (Å²) in [5, 5.41) is 0. The van der Waals surface area contributed by atoms with Crippen LogP contribution in [0, 0.1) is 0 Å². The van der Waals surface area contributed by atoms with E-state index in [4.69, 9.17) is 4.74 Å². The third-order valence-electron chi connectivity index (χ3n) is 5.05. The van der Waals surface area contributed by atoms with Gasteiger partial charge in [0.15, 0.2) is 0 Å². The van der Waals surface area contributed by atoms with Crippen molar-refractivity contribution in [1.82, 2.24) is 14.7 Å². The van der Waals surface area contributed by atoms with E-state index < -0.39 is 0 Å². The van der Waals surface area contributed by atoms with Crippen LogP contribution in [0.5, 0.6) is 5.75 Å². The first-order chi connectivity index (χ1) is 12.6. The summed E-state index contributed by atoms with van der Waals surface area (Å²) in [7, 11) is 0. The highest BCUT2D eigenvalue weighted by atomic mass is 16.5. The van der Waals surface area contributed by atoms with E-state index in [2.05, 4.69) is 16.7 Å². The quantitative estimate of drug-likeness (QED) is 0.727. The number of rotatable bonds is 6. The van der Waals surface area contributed by atoms with Gasteiger partial charge in [-0.25, -0.2) is 0 Å². The summed E-state index contributed by atoms with van der Waals surface area (Å²) < 4.78 is 5.49. The average molecular weight is 357 g/mol. The molecule has 0 unspecified atom stereocenters. The zero-order valence-corrected chi connectivity index (χ0v) is 15.8.